The molecule has 1 aliphatic heterocycles. The summed E-state index contributed by atoms with van der Waals surface area (Å²) in [6.07, 6.45) is 3.79. The van der Waals surface area contributed by atoms with Crippen LogP contribution in [-0.2, 0) is 11.2 Å². The van der Waals surface area contributed by atoms with E-state index in [1.54, 1.807) is 0 Å². The van der Waals surface area contributed by atoms with E-state index in [4.69, 9.17) is 18.0 Å². The molecule has 0 bridgehead atoms. The molecule has 3 nitrogen and oxygen atoms in total. The van der Waals surface area contributed by atoms with Crippen molar-refractivity contribution in [2.75, 3.05) is 6.54 Å². The van der Waals surface area contributed by atoms with Crippen molar-refractivity contribution in [3.63, 3.8) is 0 Å². The monoisotopic (exact) mass is 276 g/mol. The van der Waals surface area contributed by atoms with Gasteiger partial charge in [0.1, 0.15) is 4.99 Å². The lowest BCUT2D eigenvalue weighted by molar-refractivity contribution is -0.131. The average Bonchev–Trinajstić information content (AvgIpc) is 2.87. The number of rotatable bonds is 4. The molecule has 0 radical (unpaired) electrons. The Labute approximate surface area is 119 Å². The molecular weight excluding hydrogens is 256 g/mol. The number of amides is 1. The summed E-state index contributed by atoms with van der Waals surface area (Å²) in [4.78, 5) is 14.7. The van der Waals surface area contributed by atoms with E-state index in [0.29, 0.717) is 17.5 Å². The van der Waals surface area contributed by atoms with Gasteiger partial charge in [-0.3, -0.25) is 4.79 Å². The van der Waals surface area contributed by atoms with Crippen LogP contribution in [0, 0.1) is 0 Å². The summed E-state index contributed by atoms with van der Waals surface area (Å²) in [5.41, 5.74) is 7.42. The molecule has 102 valence electrons. The molecule has 1 fully saturated rings. The summed E-state index contributed by atoms with van der Waals surface area (Å²) in [6, 6.07) is 8.06. The molecule has 1 aliphatic rings. The molecule has 4 heteroatoms. The molecule has 1 aromatic carbocycles. The zero-order valence-electron chi connectivity index (χ0n) is 11.3. The normalized spacial score (nSPS) is 18.6. The van der Waals surface area contributed by atoms with E-state index in [1.807, 2.05) is 29.2 Å². The first-order valence-corrected chi connectivity index (χ1v) is 7.21. The van der Waals surface area contributed by atoms with Crippen LogP contribution in [0.25, 0.3) is 0 Å². The molecule has 0 saturated carbocycles. The summed E-state index contributed by atoms with van der Waals surface area (Å²) in [5.74, 6) is 0.229. The largest absolute Gasteiger partial charge is 0.389 e. The minimum Gasteiger partial charge on any atom is -0.389 e. The van der Waals surface area contributed by atoms with Gasteiger partial charge in [-0.05, 0) is 24.8 Å². The minimum absolute atomic E-state index is 0.229. The lowest BCUT2D eigenvalue weighted by atomic mass is 10.1. The van der Waals surface area contributed by atoms with Crippen LogP contribution in [0.5, 0.6) is 0 Å². The maximum atomic E-state index is 12.3. The first-order chi connectivity index (χ1) is 9.11. The fraction of sp³-hybridized carbons (Fsp3) is 0.467. The molecule has 1 unspecified atom stereocenters. The van der Waals surface area contributed by atoms with Crippen molar-refractivity contribution in [3.05, 3.63) is 35.4 Å². The van der Waals surface area contributed by atoms with Gasteiger partial charge in [0.25, 0.3) is 0 Å². The van der Waals surface area contributed by atoms with Crippen molar-refractivity contribution < 1.29 is 4.79 Å². The minimum atomic E-state index is 0.229. The number of carbonyl (C=O) groups is 1. The molecule has 0 spiro atoms. The molecule has 2 rings (SSSR count). The fourth-order valence-corrected chi connectivity index (χ4v) is 2.79. The smallest absolute Gasteiger partial charge is 0.227 e. The van der Waals surface area contributed by atoms with E-state index in [0.717, 1.165) is 36.9 Å². The van der Waals surface area contributed by atoms with Gasteiger partial charge in [-0.15, -0.1) is 0 Å². The van der Waals surface area contributed by atoms with Crippen molar-refractivity contribution in [2.24, 2.45) is 5.73 Å². The molecule has 1 atom stereocenters. The molecule has 1 heterocycles. The third-order valence-corrected chi connectivity index (χ3v) is 4.00. The van der Waals surface area contributed by atoms with E-state index >= 15 is 0 Å². The van der Waals surface area contributed by atoms with Crippen molar-refractivity contribution in [1.82, 2.24) is 4.90 Å². The Morgan fingerprint density at radius 1 is 1.42 bits per heavy atom. The first-order valence-electron chi connectivity index (χ1n) is 6.80. The predicted octanol–water partition coefficient (Wildman–Crippen LogP) is 2.26. The predicted molar refractivity (Wildman–Crippen MR) is 81.1 cm³/mol. The highest BCUT2D eigenvalue weighted by molar-refractivity contribution is 7.80. The number of carbonyl (C=O) groups excluding carboxylic acids is 1. The Bertz CT molecular complexity index is 470. The van der Waals surface area contributed by atoms with Crippen LogP contribution in [0.1, 0.15) is 37.3 Å². The summed E-state index contributed by atoms with van der Waals surface area (Å²) >= 11 is 4.91. The van der Waals surface area contributed by atoms with Crippen LogP contribution in [0.15, 0.2) is 24.3 Å². The van der Waals surface area contributed by atoms with Crippen LogP contribution in [0.2, 0.25) is 0 Å². The summed E-state index contributed by atoms with van der Waals surface area (Å²) < 4.78 is 0. The van der Waals surface area contributed by atoms with Crippen LogP contribution in [0.3, 0.4) is 0 Å². The van der Waals surface area contributed by atoms with E-state index in [9.17, 15) is 4.79 Å². The Morgan fingerprint density at radius 3 is 2.68 bits per heavy atom. The molecule has 2 N–H and O–H groups in total. The van der Waals surface area contributed by atoms with Crippen LogP contribution < -0.4 is 5.73 Å². The number of hydrogen-bond donors (Lipinski definition) is 1. The van der Waals surface area contributed by atoms with Crippen molar-refractivity contribution in [2.45, 2.75) is 38.6 Å². The highest BCUT2D eigenvalue weighted by Gasteiger charge is 2.26. The van der Waals surface area contributed by atoms with Gasteiger partial charge in [-0.25, -0.2) is 0 Å². The Morgan fingerprint density at radius 2 is 2.11 bits per heavy atom. The first kappa shape index (κ1) is 14.0. The van der Waals surface area contributed by atoms with Crippen LogP contribution >= 0.6 is 12.2 Å². The van der Waals surface area contributed by atoms with E-state index in [-0.39, 0.29) is 5.91 Å². The summed E-state index contributed by atoms with van der Waals surface area (Å²) in [5, 5.41) is 0. The lowest BCUT2D eigenvalue weighted by Gasteiger charge is -2.23. The van der Waals surface area contributed by atoms with Crippen LogP contribution in [0.4, 0.5) is 0 Å². The van der Waals surface area contributed by atoms with Crippen LogP contribution in [-0.4, -0.2) is 28.4 Å². The third kappa shape index (κ3) is 3.32. The lowest BCUT2D eigenvalue weighted by Crippen LogP contribution is -2.36. The van der Waals surface area contributed by atoms with E-state index in [1.165, 1.54) is 0 Å². The third-order valence-electron chi connectivity index (χ3n) is 3.76. The fourth-order valence-electron chi connectivity index (χ4n) is 2.65. The van der Waals surface area contributed by atoms with E-state index in [2.05, 4.69) is 6.92 Å². The zero-order chi connectivity index (χ0) is 13.8. The number of nitrogens with two attached hydrogens (primary N) is 1. The highest BCUT2D eigenvalue weighted by Crippen LogP contribution is 2.21. The van der Waals surface area contributed by atoms with E-state index < -0.39 is 0 Å². The number of nitrogens with zero attached hydrogens (tertiary/aromatic N) is 1. The van der Waals surface area contributed by atoms with Gasteiger partial charge in [0.15, 0.2) is 0 Å². The quantitative estimate of drug-likeness (QED) is 0.858. The summed E-state index contributed by atoms with van der Waals surface area (Å²) in [7, 11) is 0. The van der Waals surface area contributed by atoms with Gasteiger partial charge < -0.3 is 10.6 Å². The topological polar surface area (TPSA) is 46.3 Å². The average molecular weight is 276 g/mol. The highest BCUT2D eigenvalue weighted by atomic mass is 32.1. The molecule has 19 heavy (non-hydrogen) atoms. The standard InChI is InChI=1S/C15H20N2OS/c1-2-13-4-3-9-17(13)14(18)10-11-5-7-12(8-6-11)15(16)19/h5-8,13H,2-4,9-10H2,1H3,(H2,16,19). The number of benzene rings is 1. The molecule has 0 aliphatic carbocycles. The Balaban J connectivity index is 2.00. The summed E-state index contributed by atoms with van der Waals surface area (Å²) in [6.45, 7) is 3.05. The zero-order valence-corrected chi connectivity index (χ0v) is 12.1. The Hall–Kier alpha value is -1.42. The second kappa shape index (κ2) is 6.15. The van der Waals surface area contributed by atoms with Crippen molar-refractivity contribution >= 4 is 23.1 Å². The maximum Gasteiger partial charge on any atom is 0.227 e. The van der Waals surface area contributed by atoms with Gasteiger partial charge in [0, 0.05) is 18.2 Å². The number of hydrogen-bond acceptors (Lipinski definition) is 2. The second-order valence-corrected chi connectivity index (χ2v) is 5.47. The van der Waals surface area contributed by atoms with Gasteiger partial charge in [0.2, 0.25) is 5.91 Å². The van der Waals surface area contributed by atoms with Gasteiger partial charge in [0.05, 0.1) is 6.42 Å². The van der Waals surface area contributed by atoms with Crippen molar-refractivity contribution in [1.29, 1.82) is 0 Å². The maximum absolute atomic E-state index is 12.3. The Kier molecular flexibility index (Phi) is 4.53. The van der Waals surface area contributed by atoms with Gasteiger partial charge >= 0.3 is 0 Å². The van der Waals surface area contributed by atoms with Crippen molar-refractivity contribution in [3.8, 4) is 0 Å². The molecule has 1 aromatic rings. The number of likely N-dealkylation sites (tertiary alicyclic amines) is 1. The van der Waals surface area contributed by atoms with Gasteiger partial charge in [-0.1, -0.05) is 43.4 Å². The molecule has 0 aromatic heterocycles. The molecule has 1 amide bonds. The molecular formula is C15H20N2OS. The SMILES string of the molecule is CCC1CCCN1C(=O)Cc1ccc(C(N)=S)cc1. The molecule has 1 saturated heterocycles. The number of thiocarbonyl (C=S) groups is 1. The second-order valence-electron chi connectivity index (χ2n) is 5.03. The van der Waals surface area contributed by atoms with Gasteiger partial charge in [-0.2, -0.15) is 0 Å².